The highest BCUT2D eigenvalue weighted by Gasteiger charge is 2.24. The van der Waals surface area contributed by atoms with E-state index in [1.165, 1.54) is 25.7 Å². The van der Waals surface area contributed by atoms with E-state index in [1.807, 2.05) is 12.4 Å². The van der Waals surface area contributed by atoms with Crippen molar-refractivity contribution in [3.05, 3.63) is 16.9 Å². The van der Waals surface area contributed by atoms with Crippen molar-refractivity contribution < 1.29 is 0 Å². The second-order valence-corrected chi connectivity index (χ2v) is 7.02. The zero-order valence-electron chi connectivity index (χ0n) is 14.4. The molecule has 1 aliphatic carbocycles. The van der Waals surface area contributed by atoms with E-state index in [9.17, 15) is 0 Å². The molecule has 4 nitrogen and oxygen atoms in total. The van der Waals surface area contributed by atoms with Crippen LogP contribution in [0.5, 0.6) is 0 Å². The molecule has 0 radical (unpaired) electrons. The fourth-order valence-electron chi connectivity index (χ4n) is 3.01. The molecule has 0 saturated heterocycles. The lowest BCUT2D eigenvalue weighted by Gasteiger charge is -2.33. The number of nitrogens with zero attached hydrogens (tertiary/aromatic N) is 4. The summed E-state index contributed by atoms with van der Waals surface area (Å²) in [7, 11) is 2.10. The molecule has 1 heterocycles. The molecule has 5 heteroatoms. The first-order chi connectivity index (χ1) is 11.1. The van der Waals surface area contributed by atoms with E-state index in [0.29, 0.717) is 12.0 Å². The normalized spacial score (nSPS) is 20.9. The number of aromatic nitrogens is 2. The summed E-state index contributed by atoms with van der Waals surface area (Å²) in [5, 5.41) is 0. The summed E-state index contributed by atoms with van der Waals surface area (Å²) in [6.45, 7) is 7.44. The number of anilines is 1. The molecule has 0 amide bonds. The molecule has 126 valence electrons. The fraction of sp³-hybridized carbons (Fsp3) is 0.667. The van der Waals surface area contributed by atoms with Crippen molar-refractivity contribution in [1.29, 1.82) is 0 Å². The Labute approximate surface area is 148 Å². The van der Waals surface area contributed by atoms with Gasteiger partial charge in [-0.15, -0.1) is 0 Å². The lowest BCUT2D eigenvalue weighted by atomic mass is 9.86. The van der Waals surface area contributed by atoms with Gasteiger partial charge < -0.3 is 4.90 Å². The van der Waals surface area contributed by atoms with Crippen LogP contribution in [0.1, 0.15) is 39.5 Å². The van der Waals surface area contributed by atoms with Gasteiger partial charge >= 0.3 is 0 Å². The van der Waals surface area contributed by atoms with E-state index in [-0.39, 0.29) is 0 Å². The molecule has 1 saturated carbocycles. The largest absolute Gasteiger partial charge is 0.341 e. The van der Waals surface area contributed by atoms with Crippen LogP contribution in [0.15, 0.2) is 16.9 Å². The average Bonchev–Trinajstić information content (AvgIpc) is 2.59. The number of halogens is 1. The van der Waals surface area contributed by atoms with Crippen LogP contribution < -0.4 is 4.90 Å². The Balaban J connectivity index is 1.81. The summed E-state index contributed by atoms with van der Waals surface area (Å²) >= 11 is 3.38. The standard InChI is InChI=1S/C18H27BrN4/c1-4-23(5-2)12-6-7-15-8-10-17(11-9-15)22(3)18-20-13-16(19)14-21-18/h13-15,17H,4-5,8-12H2,1-3H3. The molecule has 1 fully saturated rings. The zero-order chi connectivity index (χ0) is 16.7. The molecule has 0 bridgehead atoms. The number of hydrogen-bond acceptors (Lipinski definition) is 4. The van der Waals surface area contributed by atoms with E-state index in [0.717, 1.165) is 30.1 Å². The minimum Gasteiger partial charge on any atom is -0.341 e. The summed E-state index contributed by atoms with van der Waals surface area (Å²) in [4.78, 5) is 13.4. The second-order valence-electron chi connectivity index (χ2n) is 6.10. The van der Waals surface area contributed by atoms with Crippen molar-refractivity contribution in [1.82, 2.24) is 14.9 Å². The molecular formula is C18H27BrN4. The van der Waals surface area contributed by atoms with Gasteiger partial charge in [0.15, 0.2) is 0 Å². The Morgan fingerprint density at radius 2 is 1.74 bits per heavy atom. The van der Waals surface area contributed by atoms with Crippen LogP contribution >= 0.6 is 15.9 Å². The smallest absolute Gasteiger partial charge is 0.225 e. The Bertz CT molecular complexity index is 522. The van der Waals surface area contributed by atoms with Gasteiger partial charge in [0.25, 0.3) is 0 Å². The highest BCUT2D eigenvalue weighted by molar-refractivity contribution is 9.10. The van der Waals surface area contributed by atoms with Gasteiger partial charge in [0, 0.05) is 31.4 Å². The SMILES string of the molecule is CCN(CC)CC#CC1CCC(N(C)c2ncc(Br)cn2)CC1. The van der Waals surface area contributed by atoms with Crippen LogP contribution in [0.4, 0.5) is 5.95 Å². The molecule has 0 spiro atoms. The van der Waals surface area contributed by atoms with Gasteiger partial charge in [0.05, 0.1) is 11.0 Å². The van der Waals surface area contributed by atoms with E-state index in [2.05, 4.69) is 68.4 Å². The topological polar surface area (TPSA) is 32.3 Å². The Morgan fingerprint density at radius 3 is 2.30 bits per heavy atom. The van der Waals surface area contributed by atoms with Gasteiger partial charge in [-0.25, -0.2) is 9.97 Å². The highest BCUT2D eigenvalue weighted by atomic mass is 79.9. The minimum atomic E-state index is 0.525. The molecule has 1 aliphatic rings. The average molecular weight is 379 g/mol. The number of hydrogen-bond donors (Lipinski definition) is 0. The summed E-state index contributed by atoms with van der Waals surface area (Å²) in [6.07, 6.45) is 8.31. The fourth-order valence-corrected chi connectivity index (χ4v) is 3.21. The predicted octanol–water partition coefficient (Wildman–Crippen LogP) is 3.58. The van der Waals surface area contributed by atoms with Crippen LogP contribution in [0, 0.1) is 17.8 Å². The van der Waals surface area contributed by atoms with Crippen molar-refractivity contribution >= 4 is 21.9 Å². The Morgan fingerprint density at radius 1 is 1.13 bits per heavy atom. The first-order valence-electron chi connectivity index (χ1n) is 8.55. The molecule has 0 unspecified atom stereocenters. The van der Waals surface area contributed by atoms with Gasteiger partial charge in [-0.1, -0.05) is 25.7 Å². The quantitative estimate of drug-likeness (QED) is 0.732. The molecular weight excluding hydrogens is 352 g/mol. The van der Waals surface area contributed by atoms with Crippen LogP contribution in [-0.2, 0) is 0 Å². The van der Waals surface area contributed by atoms with Crippen molar-refractivity contribution in [2.75, 3.05) is 31.6 Å². The highest BCUT2D eigenvalue weighted by Crippen LogP contribution is 2.28. The lowest BCUT2D eigenvalue weighted by Crippen LogP contribution is -2.36. The van der Waals surface area contributed by atoms with Crippen LogP contribution in [0.25, 0.3) is 0 Å². The first-order valence-corrected chi connectivity index (χ1v) is 9.34. The van der Waals surface area contributed by atoms with Gasteiger partial charge in [-0.05, 0) is 54.7 Å². The first kappa shape index (κ1) is 18.2. The Kier molecular flexibility index (Phi) is 7.32. The Hall–Kier alpha value is -1.12. The number of rotatable bonds is 5. The summed E-state index contributed by atoms with van der Waals surface area (Å²) in [5.41, 5.74) is 0. The van der Waals surface area contributed by atoms with Crippen molar-refractivity contribution in [3.63, 3.8) is 0 Å². The minimum absolute atomic E-state index is 0.525. The molecule has 0 aromatic carbocycles. The maximum absolute atomic E-state index is 4.39. The molecule has 1 aromatic rings. The molecule has 2 rings (SSSR count). The van der Waals surface area contributed by atoms with Crippen molar-refractivity contribution in [2.45, 2.75) is 45.6 Å². The van der Waals surface area contributed by atoms with Gasteiger partial charge in [-0.2, -0.15) is 0 Å². The van der Waals surface area contributed by atoms with Crippen molar-refractivity contribution in [2.24, 2.45) is 5.92 Å². The van der Waals surface area contributed by atoms with Gasteiger partial charge in [0.1, 0.15) is 0 Å². The van der Waals surface area contributed by atoms with E-state index in [1.54, 1.807) is 0 Å². The van der Waals surface area contributed by atoms with Crippen LogP contribution in [-0.4, -0.2) is 47.6 Å². The monoisotopic (exact) mass is 378 g/mol. The molecule has 1 aromatic heterocycles. The van der Waals surface area contributed by atoms with Crippen LogP contribution in [0.2, 0.25) is 0 Å². The third-order valence-electron chi connectivity index (χ3n) is 4.67. The third-order valence-corrected chi connectivity index (χ3v) is 5.08. The molecule has 0 atom stereocenters. The van der Waals surface area contributed by atoms with Crippen LogP contribution in [0.3, 0.4) is 0 Å². The maximum atomic E-state index is 4.39. The maximum Gasteiger partial charge on any atom is 0.225 e. The molecule has 0 aliphatic heterocycles. The summed E-state index contributed by atoms with van der Waals surface area (Å²) < 4.78 is 0.918. The van der Waals surface area contributed by atoms with Gasteiger partial charge in [-0.3, -0.25) is 4.90 Å². The zero-order valence-corrected chi connectivity index (χ0v) is 16.0. The predicted molar refractivity (Wildman–Crippen MR) is 99.4 cm³/mol. The molecule has 23 heavy (non-hydrogen) atoms. The van der Waals surface area contributed by atoms with E-state index >= 15 is 0 Å². The van der Waals surface area contributed by atoms with E-state index < -0.39 is 0 Å². The van der Waals surface area contributed by atoms with E-state index in [4.69, 9.17) is 0 Å². The molecule has 0 N–H and O–H groups in total. The third kappa shape index (κ3) is 5.47. The summed E-state index contributed by atoms with van der Waals surface area (Å²) in [6, 6.07) is 0.525. The summed E-state index contributed by atoms with van der Waals surface area (Å²) in [5.74, 6) is 8.22. The van der Waals surface area contributed by atoms with Crippen molar-refractivity contribution in [3.8, 4) is 11.8 Å². The lowest BCUT2D eigenvalue weighted by molar-refractivity contribution is 0.341. The van der Waals surface area contributed by atoms with Gasteiger partial charge in [0.2, 0.25) is 5.95 Å². The second kappa shape index (κ2) is 9.24.